The Kier molecular flexibility index (Phi) is 5.16. The Morgan fingerprint density at radius 1 is 1.25 bits per heavy atom. The zero-order valence-electron chi connectivity index (χ0n) is 11.9. The summed E-state index contributed by atoms with van der Waals surface area (Å²) >= 11 is 0. The van der Waals surface area contributed by atoms with Crippen molar-refractivity contribution in [3.05, 3.63) is 30.2 Å². The molecule has 0 amide bonds. The molecular formula is C16H21FN2O. The van der Waals surface area contributed by atoms with Gasteiger partial charge in [0.05, 0.1) is 6.61 Å². The number of unbranched alkanes of at least 4 members (excludes halogenated alkanes) is 4. The average Bonchev–Trinajstić information content (AvgIpc) is 2.45. The fourth-order valence-electron chi connectivity index (χ4n) is 2.23. The zero-order valence-corrected chi connectivity index (χ0v) is 11.9. The first kappa shape index (κ1) is 14.6. The molecule has 0 bridgehead atoms. The standard InChI is InChI=1S/C16H21FN2O/c1-2-3-4-5-6-10-20-16-13(17)11-14(18)12-8-7-9-19-15(12)16/h7-9,11H,2-6,10,18H2,1H3. The summed E-state index contributed by atoms with van der Waals surface area (Å²) in [5, 5.41) is 0.731. The summed E-state index contributed by atoms with van der Waals surface area (Å²) < 4.78 is 19.6. The number of pyridine rings is 1. The highest BCUT2D eigenvalue weighted by atomic mass is 19.1. The maximum absolute atomic E-state index is 14.0. The van der Waals surface area contributed by atoms with Crippen LogP contribution in [0.3, 0.4) is 0 Å². The molecule has 0 aliphatic rings. The van der Waals surface area contributed by atoms with E-state index >= 15 is 0 Å². The van der Waals surface area contributed by atoms with Crippen molar-refractivity contribution in [1.82, 2.24) is 4.98 Å². The van der Waals surface area contributed by atoms with E-state index in [-0.39, 0.29) is 5.75 Å². The molecule has 0 aliphatic carbocycles. The van der Waals surface area contributed by atoms with Gasteiger partial charge in [0.25, 0.3) is 0 Å². The van der Waals surface area contributed by atoms with E-state index in [1.165, 1.54) is 25.3 Å². The Labute approximate surface area is 119 Å². The molecule has 2 N–H and O–H groups in total. The quantitative estimate of drug-likeness (QED) is 0.605. The first-order chi connectivity index (χ1) is 9.74. The Balaban J connectivity index is 2.06. The highest BCUT2D eigenvalue weighted by molar-refractivity contribution is 5.94. The summed E-state index contributed by atoms with van der Waals surface area (Å²) in [5.41, 5.74) is 6.69. The van der Waals surface area contributed by atoms with Gasteiger partial charge in [-0.05, 0) is 18.6 Å². The molecule has 3 nitrogen and oxygen atoms in total. The van der Waals surface area contributed by atoms with Crippen LogP contribution in [0.15, 0.2) is 24.4 Å². The van der Waals surface area contributed by atoms with E-state index in [1.807, 2.05) is 6.07 Å². The fourth-order valence-corrected chi connectivity index (χ4v) is 2.23. The number of benzene rings is 1. The van der Waals surface area contributed by atoms with Crippen molar-refractivity contribution >= 4 is 16.6 Å². The number of nitrogens with zero attached hydrogens (tertiary/aromatic N) is 1. The topological polar surface area (TPSA) is 48.1 Å². The fraction of sp³-hybridized carbons (Fsp3) is 0.438. The number of ether oxygens (including phenoxy) is 1. The Morgan fingerprint density at radius 2 is 2.05 bits per heavy atom. The first-order valence-corrected chi connectivity index (χ1v) is 7.19. The van der Waals surface area contributed by atoms with Crippen molar-refractivity contribution in [1.29, 1.82) is 0 Å². The number of hydrogen-bond acceptors (Lipinski definition) is 3. The van der Waals surface area contributed by atoms with E-state index in [1.54, 1.807) is 12.3 Å². The Morgan fingerprint density at radius 3 is 2.85 bits per heavy atom. The number of halogens is 1. The SMILES string of the molecule is CCCCCCCOc1c(F)cc(N)c2cccnc12. The zero-order chi connectivity index (χ0) is 14.4. The molecule has 0 atom stereocenters. The van der Waals surface area contributed by atoms with Crippen LogP contribution < -0.4 is 10.5 Å². The molecule has 0 fully saturated rings. The minimum absolute atomic E-state index is 0.213. The van der Waals surface area contributed by atoms with Crippen LogP contribution in [-0.4, -0.2) is 11.6 Å². The highest BCUT2D eigenvalue weighted by Crippen LogP contribution is 2.31. The van der Waals surface area contributed by atoms with Crippen LogP contribution >= 0.6 is 0 Å². The lowest BCUT2D eigenvalue weighted by molar-refractivity contribution is 0.293. The van der Waals surface area contributed by atoms with Crippen LogP contribution in [-0.2, 0) is 0 Å². The first-order valence-electron chi connectivity index (χ1n) is 7.19. The summed E-state index contributed by atoms with van der Waals surface area (Å²) in [5.74, 6) is -0.229. The predicted molar refractivity (Wildman–Crippen MR) is 80.4 cm³/mol. The van der Waals surface area contributed by atoms with Crippen LogP contribution in [0, 0.1) is 5.82 Å². The molecule has 0 radical (unpaired) electrons. The van der Waals surface area contributed by atoms with Crippen molar-refractivity contribution in [3.8, 4) is 5.75 Å². The van der Waals surface area contributed by atoms with Gasteiger partial charge >= 0.3 is 0 Å². The molecule has 108 valence electrons. The minimum atomic E-state index is -0.442. The molecule has 2 aromatic rings. The second kappa shape index (κ2) is 7.08. The van der Waals surface area contributed by atoms with Crippen molar-refractivity contribution < 1.29 is 9.13 Å². The third kappa shape index (κ3) is 3.38. The number of nitrogen functional groups attached to an aromatic ring is 1. The van der Waals surface area contributed by atoms with E-state index in [0.717, 1.165) is 18.2 Å². The molecule has 20 heavy (non-hydrogen) atoms. The Hall–Kier alpha value is -1.84. The predicted octanol–water partition coefficient (Wildman–Crippen LogP) is 4.31. The van der Waals surface area contributed by atoms with Crippen LogP contribution in [0.2, 0.25) is 0 Å². The number of aromatic nitrogens is 1. The maximum atomic E-state index is 14.0. The maximum Gasteiger partial charge on any atom is 0.181 e. The minimum Gasteiger partial charge on any atom is -0.488 e. The van der Waals surface area contributed by atoms with Gasteiger partial charge in [-0.25, -0.2) is 4.39 Å². The summed E-state index contributed by atoms with van der Waals surface area (Å²) in [6.07, 6.45) is 7.30. The molecule has 2 rings (SSSR count). The Bertz CT molecular complexity index is 572. The average molecular weight is 276 g/mol. The van der Waals surface area contributed by atoms with Crippen LogP contribution in [0.25, 0.3) is 10.9 Å². The second-order valence-electron chi connectivity index (χ2n) is 4.94. The van der Waals surface area contributed by atoms with Gasteiger partial charge in [-0.2, -0.15) is 0 Å². The van der Waals surface area contributed by atoms with Gasteiger partial charge < -0.3 is 10.5 Å². The van der Waals surface area contributed by atoms with Gasteiger partial charge in [-0.1, -0.05) is 32.6 Å². The van der Waals surface area contributed by atoms with Gasteiger partial charge in [0, 0.05) is 23.3 Å². The van der Waals surface area contributed by atoms with Gasteiger partial charge in [0.15, 0.2) is 11.6 Å². The van der Waals surface area contributed by atoms with Gasteiger partial charge in [-0.15, -0.1) is 0 Å². The molecule has 0 saturated heterocycles. The second-order valence-corrected chi connectivity index (χ2v) is 4.94. The summed E-state index contributed by atoms with van der Waals surface area (Å²) in [4.78, 5) is 4.19. The molecule has 1 aromatic heterocycles. The van der Waals surface area contributed by atoms with Crippen molar-refractivity contribution in [2.75, 3.05) is 12.3 Å². The number of anilines is 1. The summed E-state index contributed by atoms with van der Waals surface area (Å²) in [6, 6.07) is 4.91. The van der Waals surface area contributed by atoms with Crippen molar-refractivity contribution in [2.45, 2.75) is 39.0 Å². The molecule has 4 heteroatoms. The van der Waals surface area contributed by atoms with Crippen LogP contribution in [0.4, 0.5) is 10.1 Å². The summed E-state index contributed by atoms with van der Waals surface area (Å²) in [6.45, 7) is 2.69. The van der Waals surface area contributed by atoms with E-state index in [2.05, 4.69) is 11.9 Å². The van der Waals surface area contributed by atoms with Gasteiger partial charge in [0.1, 0.15) is 5.52 Å². The number of fused-ring (bicyclic) bond motifs is 1. The highest BCUT2D eigenvalue weighted by Gasteiger charge is 2.12. The van der Waals surface area contributed by atoms with E-state index < -0.39 is 5.82 Å². The molecule has 0 spiro atoms. The van der Waals surface area contributed by atoms with Crippen molar-refractivity contribution in [2.24, 2.45) is 0 Å². The molecule has 1 heterocycles. The van der Waals surface area contributed by atoms with E-state index in [9.17, 15) is 4.39 Å². The molecular weight excluding hydrogens is 255 g/mol. The largest absolute Gasteiger partial charge is 0.488 e. The van der Waals surface area contributed by atoms with Gasteiger partial charge in [-0.3, -0.25) is 4.98 Å². The number of nitrogens with two attached hydrogens (primary N) is 1. The molecule has 0 unspecified atom stereocenters. The smallest absolute Gasteiger partial charge is 0.181 e. The van der Waals surface area contributed by atoms with Crippen LogP contribution in [0.5, 0.6) is 5.75 Å². The third-order valence-electron chi connectivity index (χ3n) is 3.33. The number of hydrogen-bond donors (Lipinski definition) is 1. The third-order valence-corrected chi connectivity index (χ3v) is 3.33. The van der Waals surface area contributed by atoms with E-state index in [4.69, 9.17) is 10.5 Å². The monoisotopic (exact) mass is 276 g/mol. The lowest BCUT2D eigenvalue weighted by Gasteiger charge is -2.11. The molecule has 1 aromatic carbocycles. The van der Waals surface area contributed by atoms with Crippen molar-refractivity contribution in [3.63, 3.8) is 0 Å². The lowest BCUT2D eigenvalue weighted by Crippen LogP contribution is -2.02. The van der Waals surface area contributed by atoms with Crippen LogP contribution in [0.1, 0.15) is 39.0 Å². The van der Waals surface area contributed by atoms with E-state index in [0.29, 0.717) is 17.8 Å². The normalized spacial score (nSPS) is 10.9. The van der Waals surface area contributed by atoms with Gasteiger partial charge in [0.2, 0.25) is 0 Å². The molecule has 0 aliphatic heterocycles. The summed E-state index contributed by atoms with van der Waals surface area (Å²) in [7, 11) is 0. The molecule has 0 saturated carbocycles. The number of rotatable bonds is 7. The lowest BCUT2D eigenvalue weighted by atomic mass is 10.1.